The number of amidine groups is 1. The molecule has 0 aromatic heterocycles. The van der Waals surface area contributed by atoms with Gasteiger partial charge in [-0.05, 0) is 32.1 Å². The molecular weight excluding hydrogens is 220 g/mol. The molecule has 3 nitrogen and oxygen atoms in total. The summed E-state index contributed by atoms with van der Waals surface area (Å²) in [4.78, 5) is 4.63. The van der Waals surface area contributed by atoms with Crippen molar-refractivity contribution in [1.82, 2.24) is 5.32 Å². The summed E-state index contributed by atoms with van der Waals surface area (Å²) in [6.07, 6.45) is 6.48. The quantitative estimate of drug-likeness (QED) is 0.822. The Balaban J connectivity index is 1.69. The molecule has 2 atom stereocenters. The zero-order valence-electron chi connectivity index (χ0n) is 10.1. The number of hydrogen-bond donors (Lipinski definition) is 1. The SMILES string of the molecule is CCC1CCSC(=NCCC2CCCO2)N1. The van der Waals surface area contributed by atoms with E-state index in [9.17, 15) is 0 Å². The van der Waals surface area contributed by atoms with E-state index in [1.807, 2.05) is 11.8 Å². The van der Waals surface area contributed by atoms with Crippen molar-refractivity contribution in [2.24, 2.45) is 4.99 Å². The summed E-state index contributed by atoms with van der Waals surface area (Å²) in [5, 5.41) is 4.65. The van der Waals surface area contributed by atoms with E-state index in [1.54, 1.807) is 0 Å². The number of rotatable bonds is 4. The number of nitrogens with one attached hydrogen (secondary N) is 1. The molecular formula is C12H22N2OS. The smallest absolute Gasteiger partial charge is 0.156 e. The number of ether oxygens (including phenoxy) is 1. The molecule has 92 valence electrons. The van der Waals surface area contributed by atoms with Crippen LogP contribution in [0.15, 0.2) is 4.99 Å². The van der Waals surface area contributed by atoms with E-state index in [2.05, 4.69) is 17.2 Å². The Morgan fingerprint density at radius 1 is 1.50 bits per heavy atom. The molecule has 2 rings (SSSR count). The Bertz CT molecular complexity index is 239. The summed E-state index contributed by atoms with van der Waals surface area (Å²) in [6, 6.07) is 0.641. The standard InChI is InChI=1S/C12H22N2OS/c1-2-10-6-9-16-12(14-10)13-7-5-11-4-3-8-15-11/h10-11H,2-9H2,1H3,(H,13,14). The van der Waals surface area contributed by atoms with Gasteiger partial charge in [0.05, 0.1) is 6.10 Å². The highest BCUT2D eigenvalue weighted by atomic mass is 32.2. The van der Waals surface area contributed by atoms with Crippen LogP contribution in [0.5, 0.6) is 0 Å². The van der Waals surface area contributed by atoms with Gasteiger partial charge in [-0.25, -0.2) is 0 Å². The molecule has 2 aliphatic rings. The van der Waals surface area contributed by atoms with E-state index in [0.29, 0.717) is 12.1 Å². The maximum absolute atomic E-state index is 5.59. The van der Waals surface area contributed by atoms with Crippen LogP contribution in [0.3, 0.4) is 0 Å². The largest absolute Gasteiger partial charge is 0.378 e. The number of nitrogens with zero attached hydrogens (tertiary/aromatic N) is 1. The highest BCUT2D eigenvalue weighted by Crippen LogP contribution is 2.17. The molecule has 4 heteroatoms. The molecule has 2 aliphatic heterocycles. The van der Waals surface area contributed by atoms with Crippen molar-refractivity contribution in [2.75, 3.05) is 18.9 Å². The third kappa shape index (κ3) is 3.67. The molecule has 0 aliphatic carbocycles. The second-order valence-electron chi connectivity index (χ2n) is 4.50. The van der Waals surface area contributed by atoms with E-state index in [-0.39, 0.29) is 0 Å². The lowest BCUT2D eigenvalue weighted by Crippen LogP contribution is -2.37. The van der Waals surface area contributed by atoms with Gasteiger partial charge in [0.2, 0.25) is 0 Å². The first-order valence-electron chi connectivity index (χ1n) is 6.44. The van der Waals surface area contributed by atoms with Gasteiger partial charge in [0.1, 0.15) is 0 Å². The number of hydrogen-bond acceptors (Lipinski definition) is 3. The highest BCUT2D eigenvalue weighted by molar-refractivity contribution is 8.13. The minimum Gasteiger partial charge on any atom is -0.378 e. The maximum atomic E-state index is 5.59. The van der Waals surface area contributed by atoms with Crippen molar-refractivity contribution in [1.29, 1.82) is 0 Å². The maximum Gasteiger partial charge on any atom is 0.156 e. The van der Waals surface area contributed by atoms with Gasteiger partial charge in [0, 0.05) is 24.9 Å². The summed E-state index contributed by atoms with van der Waals surface area (Å²) in [6.45, 7) is 4.10. The molecule has 0 spiro atoms. The zero-order valence-corrected chi connectivity index (χ0v) is 10.9. The molecule has 2 fully saturated rings. The minimum absolute atomic E-state index is 0.472. The summed E-state index contributed by atoms with van der Waals surface area (Å²) in [5.74, 6) is 1.21. The normalized spacial score (nSPS) is 32.9. The van der Waals surface area contributed by atoms with Crippen LogP contribution in [0.1, 0.15) is 39.0 Å². The van der Waals surface area contributed by atoms with Gasteiger partial charge in [-0.2, -0.15) is 0 Å². The third-order valence-electron chi connectivity index (χ3n) is 3.26. The van der Waals surface area contributed by atoms with Crippen molar-refractivity contribution in [3.05, 3.63) is 0 Å². The fourth-order valence-electron chi connectivity index (χ4n) is 2.17. The Labute approximate surface area is 102 Å². The van der Waals surface area contributed by atoms with Crippen molar-refractivity contribution in [3.63, 3.8) is 0 Å². The van der Waals surface area contributed by atoms with Crippen molar-refractivity contribution < 1.29 is 4.74 Å². The molecule has 0 aromatic carbocycles. The van der Waals surface area contributed by atoms with E-state index >= 15 is 0 Å². The first kappa shape index (κ1) is 12.2. The van der Waals surface area contributed by atoms with E-state index < -0.39 is 0 Å². The average Bonchev–Trinajstić information content (AvgIpc) is 2.82. The first-order chi connectivity index (χ1) is 7.88. The molecule has 2 heterocycles. The Morgan fingerprint density at radius 2 is 2.44 bits per heavy atom. The minimum atomic E-state index is 0.472. The van der Waals surface area contributed by atoms with Crippen molar-refractivity contribution in [3.8, 4) is 0 Å². The van der Waals surface area contributed by atoms with Crippen molar-refractivity contribution >= 4 is 16.9 Å². The number of thioether (sulfide) groups is 1. The van der Waals surface area contributed by atoms with E-state index in [0.717, 1.165) is 24.7 Å². The van der Waals surface area contributed by atoms with Crippen LogP contribution in [0, 0.1) is 0 Å². The van der Waals surface area contributed by atoms with Crippen LogP contribution in [0.4, 0.5) is 0 Å². The van der Waals surface area contributed by atoms with Gasteiger partial charge in [0.15, 0.2) is 5.17 Å². The van der Waals surface area contributed by atoms with Gasteiger partial charge in [-0.1, -0.05) is 18.7 Å². The fraction of sp³-hybridized carbons (Fsp3) is 0.917. The highest BCUT2D eigenvalue weighted by Gasteiger charge is 2.17. The molecule has 0 saturated carbocycles. The molecule has 0 amide bonds. The van der Waals surface area contributed by atoms with Crippen LogP contribution in [0.2, 0.25) is 0 Å². The van der Waals surface area contributed by atoms with Gasteiger partial charge in [-0.15, -0.1) is 0 Å². The molecule has 1 N–H and O–H groups in total. The molecule has 2 unspecified atom stereocenters. The van der Waals surface area contributed by atoms with Crippen molar-refractivity contribution in [2.45, 2.75) is 51.2 Å². The van der Waals surface area contributed by atoms with Crippen LogP contribution < -0.4 is 5.32 Å². The predicted octanol–water partition coefficient (Wildman–Crippen LogP) is 2.42. The third-order valence-corrected chi connectivity index (χ3v) is 4.22. The van der Waals surface area contributed by atoms with Crippen LogP contribution in [0.25, 0.3) is 0 Å². The molecule has 2 saturated heterocycles. The monoisotopic (exact) mass is 242 g/mol. The summed E-state index contributed by atoms with van der Waals surface area (Å²) in [5.41, 5.74) is 0. The second kappa shape index (κ2) is 6.50. The van der Waals surface area contributed by atoms with E-state index in [1.165, 1.54) is 31.4 Å². The molecule has 16 heavy (non-hydrogen) atoms. The zero-order chi connectivity index (χ0) is 11.2. The lowest BCUT2D eigenvalue weighted by molar-refractivity contribution is 0.106. The van der Waals surface area contributed by atoms with Crippen LogP contribution in [-0.2, 0) is 4.74 Å². The average molecular weight is 242 g/mol. The van der Waals surface area contributed by atoms with E-state index in [4.69, 9.17) is 4.74 Å². The molecule has 0 radical (unpaired) electrons. The van der Waals surface area contributed by atoms with Crippen LogP contribution >= 0.6 is 11.8 Å². The fourth-order valence-corrected chi connectivity index (χ4v) is 3.19. The number of aliphatic imine (C=N–C) groups is 1. The first-order valence-corrected chi connectivity index (χ1v) is 7.42. The van der Waals surface area contributed by atoms with Gasteiger partial charge < -0.3 is 10.1 Å². The lowest BCUT2D eigenvalue weighted by Gasteiger charge is -2.24. The van der Waals surface area contributed by atoms with Gasteiger partial charge >= 0.3 is 0 Å². The topological polar surface area (TPSA) is 33.6 Å². The predicted molar refractivity (Wildman–Crippen MR) is 70.2 cm³/mol. The summed E-state index contributed by atoms with van der Waals surface area (Å²) < 4.78 is 5.59. The Kier molecular flexibility index (Phi) is 4.97. The Hall–Kier alpha value is -0.220. The van der Waals surface area contributed by atoms with Gasteiger partial charge in [0.25, 0.3) is 0 Å². The van der Waals surface area contributed by atoms with Crippen LogP contribution in [-0.4, -0.2) is 36.2 Å². The summed E-state index contributed by atoms with van der Waals surface area (Å²) >= 11 is 1.86. The molecule has 0 aromatic rings. The summed E-state index contributed by atoms with van der Waals surface area (Å²) in [7, 11) is 0. The Morgan fingerprint density at radius 3 is 3.19 bits per heavy atom. The second-order valence-corrected chi connectivity index (χ2v) is 5.58. The molecule has 0 bridgehead atoms. The lowest BCUT2D eigenvalue weighted by atomic mass is 10.2. The van der Waals surface area contributed by atoms with Gasteiger partial charge in [-0.3, -0.25) is 4.99 Å².